The van der Waals surface area contributed by atoms with Gasteiger partial charge in [-0.25, -0.2) is 4.79 Å². The Morgan fingerprint density at radius 1 is 1.58 bits per heavy atom. The van der Waals surface area contributed by atoms with Crippen molar-refractivity contribution in [2.45, 2.75) is 26.2 Å². The zero-order valence-corrected chi connectivity index (χ0v) is 10.5. The van der Waals surface area contributed by atoms with Crippen molar-refractivity contribution in [1.82, 2.24) is 0 Å². The van der Waals surface area contributed by atoms with E-state index in [1.54, 1.807) is 0 Å². The third-order valence-electron chi connectivity index (χ3n) is 3.42. The molecule has 2 rings (SSSR count). The number of carbonyl (C=O) groups is 1. The second-order valence-corrected chi connectivity index (χ2v) is 4.94. The minimum absolute atomic E-state index is 0.0456. The molecule has 1 saturated carbocycles. The summed E-state index contributed by atoms with van der Waals surface area (Å²) in [6.07, 6.45) is 1.53. The number of carboxylic acid groups (broad SMARTS) is 1. The summed E-state index contributed by atoms with van der Waals surface area (Å²) in [5, 5.41) is 19.4. The fourth-order valence-electron chi connectivity index (χ4n) is 2.21. The molecule has 0 saturated heterocycles. The lowest BCUT2D eigenvalue weighted by molar-refractivity contribution is -0.384. The molecule has 1 fully saturated rings. The first kappa shape index (κ1) is 13.3. The SMILES string of the molecule is CC(Cc1cc([N+](=O)[O-])ccc1OC(=O)O)C1CC1. The van der Waals surface area contributed by atoms with E-state index in [0.717, 1.165) is 0 Å². The minimum atomic E-state index is -1.41. The van der Waals surface area contributed by atoms with Crippen molar-refractivity contribution in [1.29, 1.82) is 0 Å². The third-order valence-corrected chi connectivity index (χ3v) is 3.42. The molecule has 0 spiro atoms. The molecule has 1 unspecified atom stereocenters. The number of ether oxygens (including phenoxy) is 1. The molecular formula is C13H15NO5. The van der Waals surface area contributed by atoms with Crippen LogP contribution in [0.1, 0.15) is 25.3 Å². The van der Waals surface area contributed by atoms with Gasteiger partial charge in [-0.15, -0.1) is 0 Å². The Labute approximate surface area is 110 Å². The molecule has 19 heavy (non-hydrogen) atoms. The van der Waals surface area contributed by atoms with Crippen molar-refractivity contribution in [2.24, 2.45) is 11.8 Å². The molecule has 0 heterocycles. The summed E-state index contributed by atoms with van der Waals surface area (Å²) < 4.78 is 4.68. The predicted octanol–water partition coefficient (Wildman–Crippen LogP) is 3.24. The lowest BCUT2D eigenvalue weighted by atomic mass is 9.96. The summed E-state index contributed by atoms with van der Waals surface area (Å²) in [7, 11) is 0. The van der Waals surface area contributed by atoms with Gasteiger partial charge < -0.3 is 9.84 Å². The van der Waals surface area contributed by atoms with Gasteiger partial charge in [-0.1, -0.05) is 6.92 Å². The summed E-state index contributed by atoms with van der Waals surface area (Å²) in [6.45, 7) is 2.07. The fraction of sp³-hybridized carbons (Fsp3) is 0.462. The van der Waals surface area contributed by atoms with Crippen LogP contribution in [0.15, 0.2) is 18.2 Å². The van der Waals surface area contributed by atoms with Crippen LogP contribution in [0.2, 0.25) is 0 Å². The number of benzene rings is 1. The van der Waals surface area contributed by atoms with Crippen molar-refractivity contribution in [3.63, 3.8) is 0 Å². The maximum Gasteiger partial charge on any atom is 0.511 e. The van der Waals surface area contributed by atoms with E-state index in [0.29, 0.717) is 23.8 Å². The molecule has 0 aromatic heterocycles. The van der Waals surface area contributed by atoms with Gasteiger partial charge in [-0.3, -0.25) is 10.1 Å². The van der Waals surface area contributed by atoms with Crippen molar-refractivity contribution < 1.29 is 19.6 Å². The average molecular weight is 265 g/mol. The van der Waals surface area contributed by atoms with Crippen molar-refractivity contribution in [3.8, 4) is 5.75 Å². The number of hydrogen-bond acceptors (Lipinski definition) is 4. The van der Waals surface area contributed by atoms with Gasteiger partial charge in [0.05, 0.1) is 4.92 Å². The van der Waals surface area contributed by atoms with E-state index < -0.39 is 11.1 Å². The Morgan fingerprint density at radius 2 is 2.26 bits per heavy atom. The number of non-ortho nitro benzene ring substituents is 1. The van der Waals surface area contributed by atoms with E-state index in [1.807, 2.05) is 0 Å². The summed E-state index contributed by atoms with van der Waals surface area (Å²) in [6, 6.07) is 4.00. The molecule has 1 atom stereocenters. The van der Waals surface area contributed by atoms with Gasteiger partial charge in [-0.05, 0) is 37.2 Å². The van der Waals surface area contributed by atoms with E-state index in [9.17, 15) is 14.9 Å². The fourth-order valence-corrected chi connectivity index (χ4v) is 2.21. The first-order valence-electron chi connectivity index (χ1n) is 6.15. The quantitative estimate of drug-likeness (QED) is 0.382. The zero-order valence-electron chi connectivity index (χ0n) is 10.5. The Kier molecular flexibility index (Phi) is 3.69. The van der Waals surface area contributed by atoms with Crippen LogP contribution in [0.25, 0.3) is 0 Å². The largest absolute Gasteiger partial charge is 0.511 e. The molecule has 6 heteroatoms. The van der Waals surface area contributed by atoms with Crippen LogP contribution in [0.3, 0.4) is 0 Å². The summed E-state index contributed by atoms with van der Waals surface area (Å²) in [5.74, 6) is 1.20. The number of nitrogens with zero attached hydrogens (tertiary/aromatic N) is 1. The summed E-state index contributed by atoms with van der Waals surface area (Å²) in [4.78, 5) is 20.9. The van der Waals surface area contributed by atoms with Gasteiger partial charge in [-0.2, -0.15) is 0 Å². The first-order chi connectivity index (χ1) is 8.97. The second-order valence-electron chi connectivity index (χ2n) is 4.94. The number of hydrogen-bond donors (Lipinski definition) is 1. The highest BCUT2D eigenvalue weighted by molar-refractivity contribution is 5.62. The molecule has 0 radical (unpaired) electrons. The monoisotopic (exact) mass is 265 g/mol. The highest BCUT2D eigenvalue weighted by Gasteiger charge is 2.29. The lowest BCUT2D eigenvalue weighted by Gasteiger charge is -2.12. The summed E-state index contributed by atoms with van der Waals surface area (Å²) in [5.41, 5.74) is 0.534. The van der Waals surface area contributed by atoms with Crippen LogP contribution in [0.5, 0.6) is 5.75 Å². The Balaban J connectivity index is 2.25. The van der Waals surface area contributed by atoms with Gasteiger partial charge in [0.15, 0.2) is 0 Å². The smallest absolute Gasteiger partial charge is 0.449 e. The van der Waals surface area contributed by atoms with Crippen LogP contribution < -0.4 is 4.74 Å². The van der Waals surface area contributed by atoms with Gasteiger partial charge >= 0.3 is 6.16 Å². The van der Waals surface area contributed by atoms with E-state index >= 15 is 0 Å². The van der Waals surface area contributed by atoms with Crippen molar-refractivity contribution in [3.05, 3.63) is 33.9 Å². The van der Waals surface area contributed by atoms with Gasteiger partial charge in [0, 0.05) is 17.7 Å². The van der Waals surface area contributed by atoms with E-state index in [4.69, 9.17) is 5.11 Å². The van der Waals surface area contributed by atoms with Crippen LogP contribution in [0.4, 0.5) is 10.5 Å². The topological polar surface area (TPSA) is 89.7 Å². The number of nitro groups is 1. The number of nitro benzene ring substituents is 1. The number of rotatable bonds is 5. The normalized spacial score (nSPS) is 15.8. The highest BCUT2D eigenvalue weighted by Crippen LogP contribution is 2.39. The summed E-state index contributed by atoms with van der Waals surface area (Å²) >= 11 is 0. The molecule has 1 aromatic carbocycles. The zero-order chi connectivity index (χ0) is 14.0. The van der Waals surface area contributed by atoms with Crippen LogP contribution in [-0.4, -0.2) is 16.2 Å². The van der Waals surface area contributed by atoms with Gasteiger partial charge in [0.1, 0.15) is 5.75 Å². The van der Waals surface area contributed by atoms with Crippen molar-refractivity contribution >= 4 is 11.8 Å². The van der Waals surface area contributed by atoms with Gasteiger partial charge in [0.2, 0.25) is 0 Å². The molecule has 1 N–H and O–H groups in total. The van der Waals surface area contributed by atoms with Gasteiger partial charge in [0.25, 0.3) is 5.69 Å². The Hall–Kier alpha value is -2.11. The lowest BCUT2D eigenvalue weighted by Crippen LogP contribution is -2.09. The molecule has 1 aromatic rings. The van der Waals surface area contributed by atoms with E-state index in [-0.39, 0.29) is 11.4 Å². The molecule has 0 aliphatic heterocycles. The predicted molar refractivity (Wildman–Crippen MR) is 67.3 cm³/mol. The molecule has 1 aliphatic rings. The standard InChI is InChI=1S/C13H15NO5/c1-8(9-2-3-9)6-10-7-11(14(17)18)4-5-12(10)19-13(15)16/h4-5,7-9H,2-3,6H2,1H3,(H,15,16). The van der Waals surface area contributed by atoms with Crippen LogP contribution >= 0.6 is 0 Å². The molecule has 102 valence electrons. The van der Waals surface area contributed by atoms with Crippen LogP contribution in [-0.2, 0) is 6.42 Å². The maximum absolute atomic E-state index is 10.8. The van der Waals surface area contributed by atoms with Crippen molar-refractivity contribution in [2.75, 3.05) is 0 Å². The maximum atomic E-state index is 10.8. The molecular weight excluding hydrogens is 250 g/mol. The van der Waals surface area contributed by atoms with Crippen LogP contribution in [0, 0.1) is 22.0 Å². The Morgan fingerprint density at radius 3 is 2.79 bits per heavy atom. The minimum Gasteiger partial charge on any atom is -0.449 e. The Bertz CT molecular complexity index is 510. The van der Waals surface area contributed by atoms with E-state index in [1.165, 1.54) is 31.0 Å². The third kappa shape index (κ3) is 3.43. The second kappa shape index (κ2) is 5.26. The van der Waals surface area contributed by atoms with E-state index in [2.05, 4.69) is 11.7 Å². The molecule has 1 aliphatic carbocycles. The molecule has 6 nitrogen and oxygen atoms in total. The molecule has 0 bridgehead atoms. The molecule has 0 amide bonds. The highest BCUT2D eigenvalue weighted by atomic mass is 16.7. The first-order valence-corrected chi connectivity index (χ1v) is 6.15. The average Bonchev–Trinajstić information content (AvgIpc) is 3.14.